The second kappa shape index (κ2) is 15.6. The van der Waals surface area contributed by atoms with E-state index in [-0.39, 0.29) is 17.1 Å². The van der Waals surface area contributed by atoms with Gasteiger partial charge in [0.05, 0.1) is 49.3 Å². The fraction of sp³-hybridized carbons (Fsp3) is 1.00. The molecule has 343 valence electrons. The van der Waals surface area contributed by atoms with Crippen molar-refractivity contribution in [1.82, 2.24) is 42.1 Å². The predicted octanol–water partition coefficient (Wildman–Crippen LogP) is 2.96. The molecule has 27 heteroatoms. The second-order valence-corrected chi connectivity index (χ2v) is 17.1. The number of nitrogens with one attached hydrogen (secondary N) is 6. The van der Waals surface area contributed by atoms with Crippen LogP contribution < -0.4 is 31.9 Å². The molecular weight excluding hydrogens is 902 g/mol. The van der Waals surface area contributed by atoms with Gasteiger partial charge in [-0.15, -0.1) is 19.2 Å². The van der Waals surface area contributed by atoms with Crippen molar-refractivity contribution in [2.45, 2.75) is 148 Å². The van der Waals surface area contributed by atoms with Crippen LogP contribution in [0.2, 0.25) is 0 Å². The molecular formula is C32H38CuF18N8. The normalized spacial score (nSPS) is 63.8. The molecule has 8 nitrogen and oxygen atoms in total. The molecule has 0 aromatic rings. The average Bonchev–Trinajstić information content (AvgIpc) is 3.90. The van der Waals surface area contributed by atoms with Gasteiger partial charge in [-0.05, 0) is 0 Å². The van der Waals surface area contributed by atoms with E-state index >= 15 is 44.1 Å². The minimum Gasteiger partial charge on any atom is -0.286 e. The average molecular weight is 940 g/mol. The molecule has 1 radical (unpaired) electrons. The van der Waals surface area contributed by atoms with E-state index in [2.05, 4.69) is 31.9 Å². The number of alkyl halides is 16. The molecule has 32 atom stereocenters. The number of hydrogen-bond acceptors (Lipinski definition) is 8. The maximum atomic E-state index is 16.7. The van der Waals surface area contributed by atoms with Crippen molar-refractivity contribution in [3.05, 3.63) is 0 Å². The molecule has 4 saturated carbocycles. The van der Waals surface area contributed by atoms with Crippen molar-refractivity contribution < 1.29 is 96.3 Å². The summed E-state index contributed by atoms with van der Waals surface area (Å²) in [4.78, 5) is 0. The summed E-state index contributed by atoms with van der Waals surface area (Å²) in [6.45, 7) is 0. The number of hydrogen-bond donors (Lipinski definition) is 6. The van der Waals surface area contributed by atoms with Gasteiger partial charge in [-0.3, -0.25) is 31.9 Å². The first kappa shape index (κ1) is 44.5. The van der Waals surface area contributed by atoms with Gasteiger partial charge in [-0.1, -0.05) is 0 Å². The fourth-order valence-corrected chi connectivity index (χ4v) is 11.9. The molecule has 5 aliphatic heterocycles. The van der Waals surface area contributed by atoms with Crippen LogP contribution in [-0.2, 0) is 17.1 Å². The first-order chi connectivity index (χ1) is 27.3. The number of nitrogens with zero attached hydrogens (tertiary/aromatic N) is 2. The third-order valence-corrected chi connectivity index (χ3v) is 14.6. The molecule has 8 bridgehead atoms. The molecule has 9 rings (SSSR count). The van der Waals surface area contributed by atoms with E-state index in [9.17, 15) is 35.1 Å². The summed E-state index contributed by atoms with van der Waals surface area (Å²) in [6, 6.07) is 0. The molecule has 59 heavy (non-hydrogen) atoms. The Balaban J connectivity index is 0.00000484. The first-order valence-electron chi connectivity index (χ1n) is 19.0. The Kier molecular flexibility index (Phi) is 11.8. The number of rotatable bonds is 0. The summed E-state index contributed by atoms with van der Waals surface area (Å²) in [5.41, 5.74) is 0. The van der Waals surface area contributed by atoms with Gasteiger partial charge in [0, 0.05) is 64.4 Å². The van der Waals surface area contributed by atoms with Gasteiger partial charge in [-0.2, -0.15) is 0 Å². The third-order valence-electron chi connectivity index (χ3n) is 14.6. The van der Waals surface area contributed by atoms with E-state index in [1.54, 1.807) is 0 Å². The molecule has 0 amide bonds. The van der Waals surface area contributed by atoms with E-state index in [1.807, 2.05) is 0 Å². The minimum absolute atomic E-state index is 0. The Labute approximate surface area is 333 Å². The van der Waals surface area contributed by atoms with Crippen molar-refractivity contribution in [2.75, 3.05) is 0 Å². The van der Waals surface area contributed by atoms with Crippen LogP contribution >= 0.6 is 0 Å². The van der Waals surface area contributed by atoms with E-state index in [4.69, 9.17) is 0 Å². The minimum atomic E-state index is -3.27. The fourth-order valence-electron chi connectivity index (χ4n) is 11.9. The van der Waals surface area contributed by atoms with Crippen molar-refractivity contribution in [3.8, 4) is 0 Å². The van der Waals surface area contributed by atoms with Crippen LogP contribution in [0, 0.1) is 47.3 Å². The topological polar surface area (TPSA) is 78.7 Å². The predicted molar refractivity (Wildman–Crippen MR) is 161 cm³/mol. The molecule has 0 aromatic carbocycles. The van der Waals surface area contributed by atoms with Gasteiger partial charge in [0.1, 0.15) is 49.4 Å². The molecule has 32 unspecified atom stereocenters. The van der Waals surface area contributed by atoms with Crippen molar-refractivity contribution in [3.63, 3.8) is 0 Å². The van der Waals surface area contributed by atoms with Gasteiger partial charge >= 0.3 is 0 Å². The van der Waals surface area contributed by atoms with Crippen LogP contribution in [0.1, 0.15) is 0 Å². The molecule has 5 saturated heterocycles. The summed E-state index contributed by atoms with van der Waals surface area (Å²) in [7, 11) is 0. The summed E-state index contributed by atoms with van der Waals surface area (Å²) >= 11 is 0. The summed E-state index contributed by atoms with van der Waals surface area (Å²) in [6.07, 6.45) is -68.8. The van der Waals surface area contributed by atoms with Crippen LogP contribution in [-0.4, -0.2) is 158 Å². The molecule has 5 heterocycles. The molecule has 9 fully saturated rings. The second-order valence-electron chi connectivity index (χ2n) is 17.1. The Bertz CT molecular complexity index is 1340. The SMILES string of the molecule is FC1C(F)C(F)C2C3NC(NC4C5C(F)C(F)C(F)C(F)C5C(NC5NC(NC6C7C(F)C(F)C(F)C(F)C7C(N3)N6F)C3C(F)C(F)C(F)C(F)C53)N4F)C2C1F.[Cu]. The largest absolute Gasteiger partial charge is 0.286 e. The van der Waals surface area contributed by atoms with Crippen LogP contribution in [0.5, 0.6) is 0 Å². The van der Waals surface area contributed by atoms with E-state index in [0.29, 0.717) is 0 Å². The van der Waals surface area contributed by atoms with Gasteiger partial charge < -0.3 is 0 Å². The number of fused-ring (bicyclic) bond motifs is 20. The monoisotopic (exact) mass is 939 g/mol. The Morgan fingerprint density at radius 1 is 0.220 bits per heavy atom. The van der Waals surface area contributed by atoms with Gasteiger partial charge in [0.25, 0.3) is 0 Å². The van der Waals surface area contributed by atoms with Crippen LogP contribution in [0.15, 0.2) is 0 Å². The third kappa shape index (κ3) is 6.17. The zero-order valence-corrected chi connectivity index (χ0v) is 30.4. The standard InChI is InChI=1S/C32H38F18N8.Cu/c33-9-1-2(10(34)18(42)17(9)41)26-51-25(1)53-29-5-6(14(38)22(46)21(45)13(5)37)31(57(29)49)55-27-3-4(12(36)20(44)19(43)11(3)35)28(52-27)56-32-8-7(30(54-26)58(32)50)15(39)23(47)24(48)16(8)40;/h1-32,51-56H;. The molecule has 0 aromatic heterocycles. The molecule has 4 aliphatic carbocycles. The quantitative estimate of drug-likeness (QED) is 0.126. The smallest absolute Gasteiger partial charge is 0.165 e. The summed E-state index contributed by atoms with van der Waals surface area (Å²) in [5, 5.41) is 12.8. The maximum Gasteiger partial charge on any atom is 0.165 e. The van der Waals surface area contributed by atoms with Gasteiger partial charge in [0.2, 0.25) is 0 Å². The van der Waals surface area contributed by atoms with Gasteiger partial charge in [0.15, 0.2) is 49.4 Å². The van der Waals surface area contributed by atoms with Crippen LogP contribution in [0.3, 0.4) is 0 Å². The molecule has 0 spiro atoms. The molecule has 9 aliphatic rings. The van der Waals surface area contributed by atoms with E-state index in [0.717, 1.165) is 0 Å². The zero-order chi connectivity index (χ0) is 41.9. The van der Waals surface area contributed by atoms with E-state index < -0.39 is 206 Å². The Morgan fingerprint density at radius 2 is 0.373 bits per heavy atom. The van der Waals surface area contributed by atoms with Gasteiger partial charge in [-0.25, -0.2) is 70.2 Å². The molecule has 6 N–H and O–H groups in total. The zero-order valence-electron chi connectivity index (χ0n) is 29.5. The Morgan fingerprint density at radius 3 is 0.542 bits per heavy atom. The maximum absolute atomic E-state index is 16.7. The van der Waals surface area contributed by atoms with Crippen LogP contribution in [0.4, 0.5) is 79.2 Å². The Hall–Kier alpha value is -1.06. The summed E-state index contributed by atoms with van der Waals surface area (Å²) < 4.78 is 280. The summed E-state index contributed by atoms with van der Waals surface area (Å²) in [5.74, 6) is -18.2. The van der Waals surface area contributed by atoms with E-state index in [1.165, 1.54) is 0 Å². The first-order valence-corrected chi connectivity index (χ1v) is 19.0. The number of halogens is 18. The van der Waals surface area contributed by atoms with Crippen molar-refractivity contribution >= 4 is 0 Å². The van der Waals surface area contributed by atoms with Crippen LogP contribution in [0.25, 0.3) is 0 Å². The van der Waals surface area contributed by atoms with Crippen molar-refractivity contribution in [2.24, 2.45) is 47.3 Å². The van der Waals surface area contributed by atoms with Crippen molar-refractivity contribution in [1.29, 1.82) is 0 Å².